The van der Waals surface area contributed by atoms with Crippen molar-refractivity contribution in [3.05, 3.63) is 22.8 Å². The normalized spacial score (nSPS) is 19.2. The molecule has 6 nitrogen and oxygen atoms in total. The number of hydrogen-bond acceptors (Lipinski definition) is 5. The summed E-state index contributed by atoms with van der Waals surface area (Å²) in [6.45, 7) is 5.91. The van der Waals surface area contributed by atoms with Crippen LogP contribution < -0.4 is 0 Å². The number of amides is 1. The molecule has 1 saturated heterocycles. The van der Waals surface area contributed by atoms with Gasteiger partial charge in [0.05, 0.1) is 5.75 Å². The Hall–Kier alpha value is -1.15. The molecule has 8 heteroatoms. The first-order chi connectivity index (χ1) is 11.1. The van der Waals surface area contributed by atoms with E-state index in [4.69, 9.17) is 4.74 Å². The third kappa shape index (κ3) is 5.17. The van der Waals surface area contributed by atoms with Crippen LogP contribution in [0.25, 0.3) is 0 Å². The molecule has 0 N–H and O–H groups in total. The molecule has 1 aromatic heterocycles. The van der Waals surface area contributed by atoms with E-state index < -0.39 is 21.5 Å². The van der Waals surface area contributed by atoms with E-state index in [2.05, 4.69) is 20.9 Å². The topological polar surface area (TPSA) is 76.6 Å². The van der Waals surface area contributed by atoms with Gasteiger partial charge in [0.2, 0.25) is 0 Å². The highest BCUT2D eigenvalue weighted by Gasteiger charge is 2.34. The summed E-state index contributed by atoms with van der Waals surface area (Å²) in [6.07, 6.45) is 1.94. The second kappa shape index (κ2) is 7.39. The van der Waals surface area contributed by atoms with Gasteiger partial charge in [-0.15, -0.1) is 0 Å². The van der Waals surface area contributed by atoms with E-state index in [1.54, 1.807) is 37.8 Å². The Morgan fingerprint density at radius 2 is 2.08 bits per heavy atom. The molecule has 1 aliphatic heterocycles. The fourth-order valence-electron chi connectivity index (χ4n) is 2.64. The molecule has 1 atom stereocenters. The Balaban J connectivity index is 2.17. The first-order valence-corrected chi connectivity index (χ1v) is 10.4. The van der Waals surface area contributed by atoms with Gasteiger partial charge in [-0.1, -0.05) is 6.07 Å². The number of likely N-dealkylation sites (tertiary alicyclic amines) is 1. The van der Waals surface area contributed by atoms with Gasteiger partial charge in [0.1, 0.15) is 10.2 Å². The van der Waals surface area contributed by atoms with Crippen LogP contribution in [-0.2, 0) is 14.6 Å². The van der Waals surface area contributed by atoms with Gasteiger partial charge in [0.15, 0.2) is 14.9 Å². The summed E-state index contributed by atoms with van der Waals surface area (Å²) in [4.78, 5) is 18.0. The second-order valence-electron chi connectivity index (χ2n) is 6.90. The Labute approximate surface area is 151 Å². The number of ether oxygens (including phenoxy) is 1. The first kappa shape index (κ1) is 19.2. The fraction of sp³-hybridized carbons (Fsp3) is 0.625. The standard InChI is InChI=1S/C16H23BrN2O4S/c1-16(2,3)23-15(20)19-10-5-4-7-12(19)11-24(21,22)14-9-6-8-13(17)18-14/h6,8-9,12H,4-5,7,10-11H2,1-3H3/t12-/m1/s1. The molecule has 1 aromatic rings. The minimum Gasteiger partial charge on any atom is -0.444 e. The molecule has 24 heavy (non-hydrogen) atoms. The number of hydrogen-bond donors (Lipinski definition) is 0. The van der Waals surface area contributed by atoms with Crippen molar-refractivity contribution in [1.29, 1.82) is 0 Å². The van der Waals surface area contributed by atoms with Gasteiger partial charge in [-0.25, -0.2) is 18.2 Å². The molecule has 1 amide bonds. The van der Waals surface area contributed by atoms with Gasteiger partial charge in [0, 0.05) is 12.6 Å². The molecule has 2 heterocycles. The highest BCUT2D eigenvalue weighted by Crippen LogP contribution is 2.23. The third-order valence-corrected chi connectivity index (χ3v) is 5.81. The van der Waals surface area contributed by atoms with Gasteiger partial charge in [-0.2, -0.15) is 0 Å². The van der Waals surface area contributed by atoms with Crippen LogP contribution in [0.4, 0.5) is 4.79 Å². The third-order valence-electron chi connectivity index (χ3n) is 3.68. The number of halogens is 1. The second-order valence-corrected chi connectivity index (χ2v) is 9.70. The Bertz CT molecular complexity index is 700. The van der Waals surface area contributed by atoms with Crippen molar-refractivity contribution in [3.63, 3.8) is 0 Å². The van der Waals surface area contributed by atoms with Crippen LogP contribution in [0.3, 0.4) is 0 Å². The van der Waals surface area contributed by atoms with Crippen LogP contribution in [0, 0.1) is 0 Å². The van der Waals surface area contributed by atoms with Crippen LogP contribution in [0.15, 0.2) is 27.8 Å². The molecule has 0 aromatic carbocycles. The lowest BCUT2D eigenvalue weighted by Crippen LogP contribution is -2.48. The fourth-order valence-corrected chi connectivity index (χ4v) is 4.64. The molecule has 0 bridgehead atoms. The zero-order valence-electron chi connectivity index (χ0n) is 14.2. The molecular weight excluding hydrogens is 396 g/mol. The number of pyridine rings is 1. The van der Waals surface area contributed by atoms with Crippen LogP contribution in [0.2, 0.25) is 0 Å². The molecule has 0 spiro atoms. The monoisotopic (exact) mass is 418 g/mol. The highest BCUT2D eigenvalue weighted by atomic mass is 79.9. The smallest absolute Gasteiger partial charge is 0.410 e. The SMILES string of the molecule is CC(C)(C)OC(=O)N1CCCC[C@@H]1CS(=O)(=O)c1cccc(Br)n1. The minimum absolute atomic E-state index is 0.0200. The quantitative estimate of drug-likeness (QED) is 0.702. The van der Waals surface area contributed by atoms with Crippen LogP contribution in [-0.4, -0.2) is 48.3 Å². The van der Waals surface area contributed by atoms with Gasteiger partial charge in [-0.05, 0) is 68.1 Å². The van der Waals surface area contributed by atoms with Crippen LogP contribution >= 0.6 is 15.9 Å². The molecular formula is C16H23BrN2O4S. The van der Waals surface area contributed by atoms with Crippen molar-refractivity contribution in [3.8, 4) is 0 Å². The predicted molar refractivity (Wildman–Crippen MR) is 94.6 cm³/mol. The Kier molecular flexibility index (Phi) is 5.91. The number of rotatable bonds is 3. The molecule has 134 valence electrons. The van der Waals surface area contributed by atoms with Crippen molar-refractivity contribution >= 4 is 31.9 Å². The average Bonchev–Trinajstić information content (AvgIpc) is 2.45. The summed E-state index contributed by atoms with van der Waals surface area (Å²) in [5.41, 5.74) is -0.607. The molecule has 1 aliphatic rings. The van der Waals surface area contributed by atoms with Gasteiger partial charge in [-0.3, -0.25) is 0 Å². The maximum atomic E-state index is 12.6. The number of carbonyl (C=O) groups is 1. The number of piperidine rings is 1. The molecule has 0 saturated carbocycles. The molecule has 1 fully saturated rings. The van der Waals surface area contributed by atoms with Crippen molar-refractivity contribution in [2.45, 2.75) is 56.7 Å². The van der Waals surface area contributed by atoms with Crippen molar-refractivity contribution in [2.24, 2.45) is 0 Å². The highest BCUT2D eigenvalue weighted by molar-refractivity contribution is 9.10. The van der Waals surface area contributed by atoms with Crippen LogP contribution in [0.5, 0.6) is 0 Å². The molecule has 2 rings (SSSR count). The van der Waals surface area contributed by atoms with E-state index in [0.29, 0.717) is 17.6 Å². The lowest BCUT2D eigenvalue weighted by atomic mass is 10.0. The van der Waals surface area contributed by atoms with Crippen LogP contribution in [0.1, 0.15) is 40.0 Å². The lowest BCUT2D eigenvalue weighted by Gasteiger charge is -2.36. The summed E-state index contributed by atoms with van der Waals surface area (Å²) in [7, 11) is -3.58. The molecule has 0 unspecified atom stereocenters. The Morgan fingerprint density at radius 1 is 1.38 bits per heavy atom. The van der Waals surface area contributed by atoms with Gasteiger partial charge >= 0.3 is 6.09 Å². The average molecular weight is 419 g/mol. The van der Waals surface area contributed by atoms with Gasteiger partial charge < -0.3 is 9.64 Å². The van der Waals surface area contributed by atoms with E-state index in [1.807, 2.05) is 0 Å². The number of sulfone groups is 1. The van der Waals surface area contributed by atoms with E-state index >= 15 is 0 Å². The molecule has 0 aliphatic carbocycles. The maximum absolute atomic E-state index is 12.6. The number of nitrogens with zero attached hydrogens (tertiary/aromatic N) is 2. The van der Waals surface area contributed by atoms with Gasteiger partial charge in [0.25, 0.3) is 0 Å². The van der Waals surface area contributed by atoms with E-state index in [-0.39, 0.29) is 16.8 Å². The van der Waals surface area contributed by atoms with E-state index in [1.165, 1.54) is 6.07 Å². The predicted octanol–water partition coefficient (Wildman–Crippen LogP) is 3.41. The van der Waals surface area contributed by atoms with Crippen molar-refractivity contribution < 1.29 is 17.9 Å². The maximum Gasteiger partial charge on any atom is 0.410 e. The summed E-state index contributed by atoms with van der Waals surface area (Å²) >= 11 is 3.19. The van der Waals surface area contributed by atoms with Crippen molar-refractivity contribution in [1.82, 2.24) is 9.88 Å². The Morgan fingerprint density at radius 3 is 2.71 bits per heavy atom. The zero-order chi connectivity index (χ0) is 18.0. The first-order valence-electron chi connectivity index (χ1n) is 7.93. The van der Waals surface area contributed by atoms with E-state index in [0.717, 1.165) is 12.8 Å². The summed E-state index contributed by atoms with van der Waals surface area (Å²) < 4.78 is 31.2. The van der Waals surface area contributed by atoms with Crippen molar-refractivity contribution in [2.75, 3.05) is 12.3 Å². The van der Waals surface area contributed by atoms with E-state index in [9.17, 15) is 13.2 Å². The minimum atomic E-state index is -3.58. The summed E-state index contributed by atoms with van der Waals surface area (Å²) in [5.74, 6) is -0.143. The largest absolute Gasteiger partial charge is 0.444 e. The lowest BCUT2D eigenvalue weighted by molar-refractivity contribution is 0.0124. The number of aromatic nitrogens is 1. The summed E-state index contributed by atoms with van der Waals surface area (Å²) in [5, 5.41) is 0.0200. The zero-order valence-corrected chi connectivity index (χ0v) is 16.6. The molecule has 0 radical (unpaired) electrons. The summed E-state index contributed by atoms with van der Waals surface area (Å²) in [6, 6.07) is 4.39. The number of carbonyl (C=O) groups excluding carboxylic acids is 1.